The van der Waals surface area contributed by atoms with Crippen LogP contribution in [0.15, 0.2) is 17.2 Å². The topological polar surface area (TPSA) is 109 Å². The summed E-state index contributed by atoms with van der Waals surface area (Å²) in [7, 11) is 0. The lowest BCUT2D eigenvalue weighted by atomic mass is 9.76. The molecule has 2 atom stereocenters. The first-order chi connectivity index (χ1) is 11.7. The number of carbonyl (C=O) groups is 3. The third kappa shape index (κ3) is 4.28. The summed E-state index contributed by atoms with van der Waals surface area (Å²) < 4.78 is 0. The van der Waals surface area contributed by atoms with Gasteiger partial charge >= 0.3 is 5.97 Å². The van der Waals surface area contributed by atoms with Crippen LogP contribution in [0.25, 0.3) is 0 Å². The average molecular weight is 364 g/mol. The summed E-state index contributed by atoms with van der Waals surface area (Å²) in [6.45, 7) is 5.85. The molecule has 2 unspecified atom stereocenters. The summed E-state index contributed by atoms with van der Waals surface area (Å²) in [5.41, 5.74) is 7.76. The number of aryl methyl sites for hydroxylation is 1. The van der Waals surface area contributed by atoms with E-state index >= 15 is 0 Å². The summed E-state index contributed by atoms with van der Waals surface area (Å²) in [6, 6.07) is 1.71. The first-order valence-corrected chi connectivity index (χ1v) is 9.17. The lowest BCUT2D eigenvalue weighted by molar-refractivity contribution is -0.146. The van der Waals surface area contributed by atoms with Crippen molar-refractivity contribution in [1.29, 1.82) is 0 Å². The van der Waals surface area contributed by atoms with Gasteiger partial charge in [-0.1, -0.05) is 24.5 Å². The van der Waals surface area contributed by atoms with Crippen molar-refractivity contribution in [1.82, 2.24) is 0 Å². The standard InChI is InChI=1S/C18H24N2O4S/c1-4-5-11-8-14(15(19)21)17(25-11)20-16(22)12-6-9(2)10(3)7-13(12)18(23)24/h8,12-13H,4-7H2,1-3H3,(H2,19,21)(H,20,22)(H,23,24). The summed E-state index contributed by atoms with van der Waals surface area (Å²) in [5, 5.41) is 12.6. The molecule has 0 fully saturated rings. The van der Waals surface area contributed by atoms with Gasteiger partial charge in [-0.3, -0.25) is 14.4 Å². The number of primary amides is 1. The Balaban J connectivity index is 2.26. The van der Waals surface area contributed by atoms with Gasteiger partial charge in [0.15, 0.2) is 0 Å². The smallest absolute Gasteiger partial charge is 0.307 e. The molecule has 2 rings (SSSR count). The Morgan fingerprint density at radius 1 is 1.24 bits per heavy atom. The van der Waals surface area contributed by atoms with E-state index in [4.69, 9.17) is 5.73 Å². The van der Waals surface area contributed by atoms with Crippen molar-refractivity contribution in [3.63, 3.8) is 0 Å². The minimum Gasteiger partial charge on any atom is -0.481 e. The number of anilines is 1. The molecule has 1 heterocycles. The van der Waals surface area contributed by atoms with Crippen LogP contribution in [0.4, 0.5) is 5.00 Å². The van der Waals surface area contributed by atoms with Gasteiger partial charge in [-0.2, -0.15) is 0 Å². The van der Waals surface area contributed by atoms with Crippen LogP contribution in [0, 0.1) is 11.8 Å². The molecule has 25 heavy (non-hydrogen) atoms. The summed E-state index contributed by atoms with van der Waals surface area (Å²) in [6.07, 6.45) is 2.49. The van der Waals surface area contributed by atoms with Crippen LogP contribution in [0.3, 0.4) is 0 Å². The van der Waals surface area contributed by atoms with Crippen LogP contribution in [0.2, 0.25) is 0 Å². The Bertz CT molecular complexity index is 735. The highest BCUT2D eigenvalue weighted by Gasteiger charge is 2.37. The van der Waals surface area contributed by atoms with Crippen molar-refractivity contribution in [3.8, 4) is 0 Å². The monoisotopic (exact) mass is 364 g/mol. The second-order valence-corrected chi connectivity index (χ2v) is 7.72. The molecule has 1 aromatic heterocycles. The predicted octanol–water partition coefficient (Wildman–Crippen LogP) is 3.19. The van der Waals surface area contributed by atoms with Crippen LogP contribution < -0.4 is 11.1 Å². The Morgan fingerprint density at radius 2 is 1.84 bits per heavy atom. The van der Waals surface area contributed by atoms with Crippen molar-refractivity contribution >= 4 is 34.1 Å². The summed E-state index contributed by atoms with van der Waals surface area (Å²) in [4.78, 5) is 36.9. The first-order valence-electron chi connectivity index (χ1n) is 8.36. The van der Waals surface area contributed by atoms with E-state index in [-0.39, 0.29) is 11.5 Å². The number of rotatable bonds is 6. The molecule has 0 saturated heterocycles. The van der Waals surface area contributed by atoms with E-state index in [0.717, 1.165) is 28.9 Å². The summed E-state index contributed by atoms with van der Waals surface area (Å²) >= 11 is 1.32. The number of carbonyl (C=O) groups excluding carboxylic acids is 2. The van der Waals surface area contributed by atoms with Crippen LogP contribution in [-0.4, -0.2) is 22.9 Å². The van der Waals surface area contributed by atoms with E-state index < -0.39 is 23.7 Å². The quantitative estimate of drug-likeness (QED) is 0.673. The molecule has 1 aromatic rings. The Morgan fingerprint density at radius 3 is 2.36 bits per heavy atom. The maximum absolute atomic E-state index is 12.7. The molecule has 0 bridgehead atoms. The van der Waals surface area contributed by atoms with Crippen molar-refractivity contribution < 1.29 is 19.5 Å². The largest absolute Gasteiger partial charge is 0.481 e. The lowest BCUT2D eigenvalue weighted by Gasteiger charge is -2.29. The number of nitrogens with one attached hydrogen (secondary N) is 1. The zero-order valence-electron chi connectivity index (χ0n) is 14.7. The lowest BCUT2D eigenvalue weighted by Crippen LogP contribution is -2.36. The van der Waals surface area contributed by atoms with Gasteiger partial charge in [0.2, 0.25) is 5.91 Å². The van der Waals surface area contributed by atoms with Gasteiger partial charge in [0.05, 0.1) is 17.4 Å². The number of hydrogen-bond donors (Lipinski definition) is 3. The number of amides is 2. The molecule has 7 heteroatoms. The van der Waals surface area contributed by atoms with Gasteiger partial charge in [0, 0.05) is 4.88 Å². The Hall–Kier alpha value is -2.15. The second-order valence-electron chi connectivity index (χ2n) is 6.58. The normalized spacial score (nSPS) is 20.4. The number of aliphatic carboxylic acids is 1. The fourth-order valence-corrected chi connectivity index (χ4v) is 4.29. The van der Waals surface area contributed by atoms with Gasteiger partial charge < -0.3 is 16.2 Å². The number of allylic oxidation sites excluding steroid dienone is 2. The highest BCUT2D eigenvalue weighted by atomic mass is 32.1. The Labute approximate surface area is 151 Å². The van der Waals surface area contributed by atoms with E-state index in [9.17, 15) is 19.5 Å². The fourth-order valence-electron chi connectivity index (χ4n) is 3.12. The van der Waals surface area contributed by atoms with Crippen LogP contribution in [0.1, 0.15) is 55.3 Å². The molecule has 2 amide bonds. The van der Waals surface area contributed by atoms with Gasteiger partial charge in [0.25, 0.3) is 5.91 Å². The third-order valence-corrected chi connectivity index (χ3v) is 5.81. The molecule has 1 aliphatic carbocycles. The average Bonchev–Trinajstić information content (AvgIpc) is 2.92. The van der Waals surface area contributed by atoms with Gasteiger partial charge in [-0.25, -0.2) is 0 Å². The molecule has 0 radical (unpaired) electrons. The van der Waals surface area contributed by atoms with Crippen molar-refractivity contribution in [3.05, 3.63) is 27.7 Å². The predicted molar refractivity (Wildman–Crippen MR) is 97.7 cm³/mol. The number of carboxylic acids is 1. The highest BCUT2D eigenvalue weighted by molar-refractivity contribution is 7.16. The zero-order chi connectivity index (χ0) is 18.7. The molecule has 1 aliphatic rings. The molecule has 0 aliphatic heterocycles. The first kappa shape index (κ1) is 19.2. The molecule has 0 aromatic carbocycles. The number of nitrogens with two attached hydrogens (primary N) is 1. The van der Waals surface area contributed by atoms with Gasteiger partial charge in [0.1, 0.15) is 5.00 Å². The molecule has 136 valence electrons. The SMILES string of the molecule is CCCc1cc(C(N)=O)c(NC(=O)C2CC(C)=C(C)CC2C(=O)O)s1. The van der Waals surface area contributed by atoms with E-state index in [1.807, 2.05) is 20.8 Å². The molecule has 0 spiro atoms. The third-order valence-electron chi connectivity index (χ3n) is 4.70. The van der Waals surface area contributed by atoms with Crippen molar-refractivity contribution in [2.24, 2.45) is 17.6 Å². The maximum Gasteiger partial charge on any atom is 0.307 e. The maximum atomic E-state index is 12.7. The molecule has 4 N–H and O–H groups in total. The zero-order valence-corrected chi connectivity index (χ0v) is 15.5. The Kier molecular flexibility index (Phi) is 6.00. The number of hydrogen-bond acceptors (Lipinski definition) is 4. The minimum atomic E-state index is -0.972. The van der Waals surface area contributed by atoms with Crippen molar-refractivity contribution in [2.75, 3.05) is 5.32 Å². The van der Waals surface area contributed by atoms with Crippen LogP contribution in [0.5, 0.6) is 0 Å². The molecular weight excluding hydrogens is 340 g/mol. The van der Waals surface area contributed by atoms with E-state index in [2.05, 4.69) is 5.32 Å². The minimum absolute atomic E-state index is 0.285. The van der Waals surface area contributed by atoms with E-state index in [0.29, 0.717) is 17.8 Å². The fraction of sp³-hybridized carbons (Fsp3) is 0.500. The van der Waals surface area contributed by atoms with Crippen LogP contribution >= 0.6 is 11.3 Å². The van der Waals surface area contributed by atoms with Gasteiger partial charge in [-0.15, -0.1) is 11.3 Å². The molecule has 6 nitrogen and oxygen atoms in total. The van der Waals surface area contributed by atoms with E-state index in [1.54, 1.807) is 6.07 Å². The van der Waals surface area contributed by atoms with E-state index in [1.165, 1.54) is 11.3 Å². The van der Waals surface area contributed by atoms with Crippen LogP contribution in [-0.2, 0) is 16.0 Å². The van der Waals surface area contributed by atoms with Crippen molar-refractivity contribution in [2.45, 2.75) is 46.5 Å². The second kappa shape index (κ2) is 7.82. The van der Waals surface area contributed by atoms with Gasteiger partial charge in [-0.05, 0) is 39.2 Å². The molecular formula is C18H24N2O4S. The molecule has 0 saturated carbocycles. The highest BCUT2D eigenvalue weighted by Crippen LogP contribution is 2.36. The number of carboxylic acid groups (broad SMARTS) is 1. The summed E-state index contributed by atoms with van der Waals surface area (Å²) in [5.74, 6) is -3.35. The number of thiophene rings is 1.